The predicted octanol–water partition coefficient (Wildman–Crippen LogP) is 0.763. The van der Waals surface area contributed by atoms with Crippen LogP contribution in [0.25, 0.3) is 0 Å². The largest absolute Gasteiger partial charge is 0.465 e. The number of nitrogens with one attached hydrogen (secondary N) is 1. The summed E-state index contributed by atoms with van der Waals surface area (Å²) in [5.74, 6) is -0.534. The van der Waals surface area contributed by atoms with Gasteiger partial charge in [0.15, 0.2) is 0 Å². The average Bonchev–Trinajstić information content (AvgIpc) is 2.85. The number of sulfonamides is 1. The topological polar surface area (TPSA) is 75.7 Å². The first-order valence-corrected chi connectivity index (χ1v) is 7.92. The fraction of sp³-hybridized carbons (Fsp3) is 0.545. The summed E-state index contributed by atoms with van der Waals surface area (Å²) in [5, 5.41) is 0. The van der Waals surface area contributed by atoms with Gasteiger partial charge in [-0.25, -0.2) is 17.9 Å². The molecule has 8 heteroatoms. The first-order valence-electron chi connectivity index (χ1n) is 5.62. The Balaban J connectivity index is 2.78. The van der Waals surface area contributed by atoms with Crippen molar-refractivity contribution in [2.45, 2.75) is 17.2 Å². The Morgan fingerprint density at radius 1 is 1.47 bits per heavy atom. The van der Waals surface area contributed by atoms with Gasteiger partial charge in [-0.3, -0.25) is 0 Å². The number of nitrogens with zero attached hydrogens (tertiary/aromatic N) is 1. The van der Waals surface area contributed by atoms with Crippen LogP contribution in [-0.4, -0.2) is 53.1 Å². The third-order valence-corrected chi connectivity index (χ3v) is 5.66. The maximum Gasteiger partial charge on any atom is 0.348 e. The van der Waals surface area contributed by atoms with Crippen molar-refractivity contribution >= 4 is 27.3 Å². The van der Waals surface area contributed by atoms with E-state index in [1.165, 1.54) is 19.2 Å². The number of hydrogen-bond donors (Lipinski definition) is 1. The number of likely N-dealkylation sites (N-methyl/N-ethyl adjacent to an activating group) is 1. The van der Waals surface area contributed by atoms with E-state index in [0.29, 0.717) is 6.54 Å². The molecule has 1 aromatic rings. The van der Waals surface area contributed by atoms with Gasteiger partial charge in [-0.15, -0.1) is 11.3 Å². The van der Waals surface area contributed by atoms with E-state index in [2.05, 4.69) is 9.46 Å². The lowest BCUT2D eigenvalue weighted by molar-refractivity contribution is 0.0606. The van der Waals surface area contributed by atoms with Gasteiger partial charge in [-0.1, -0.05) is 0 Å². The molecule has 0 bridgehead atoms. The Labute approximate surface area is 117 Å². The van der Waals surface area contributed by atoms with Crippen molar-refractivity contribution in [3.05, 3.63) is 17.0 Å². The highest BCUT2D eigenvalue weighted by atomic mass is 32.2. The molecule has 0 aromatic carbocycles. The third-order valence-electron chi connectivity index (χ3n) is 2.68. The zero-order chi connectivity index (χ0) is 14.6. The fourth-order valence-corrected chi connectivity index (χ4v) is 3.55. The minimum Gasteiger partial charge on any atom is -0.465 e. The number of esters is 1. The average molecular weight is 306 g/mol. The summed E-state index contributed by atoms with van der Waals surface area (Å²) in [5.41, 5.74) is 0. The summed E-state index contributed by atoms with van der Waals surface area (Å²) in [6.07, 6.45) is 0. The molecule has 0 aliphatic carbocycles. The van der Waals surface area contributed by atoms with Crippen molar-refractivity contribution < 1.29 is 17.9 Å². The van der Waals surface area contributed by atoms with Gasteiger partial charge in [0.25, 0.3) is 0 Å². The van der Waals surface area contributed by atoms with Crippen molar-refractivity contribution in [3.63, 3.8) is 0 Å². The van der Waals surface area contributed by atoms with Gasteiger partial charge in [-0.2, -0.15) is 0 Å². The van der Waals surface area contributed by atoms with Crippen LogP contribution in [0.4, 0.5) is 0 Å². The lowest BCUT2D eigenvalue weighted by atomic mass is 10.3. The van der Waals surface area contributed by atoms with Crippen LogP contribution in [0.2, 0.25) is 0 Å². The van der Waals surface area contributed by atoms with Gasteiger partial charge in [0.1, 0.15) is 9.09 Å². The second-order valence-corrected chi connectivity index (χ2v) is 7.35. The Bertz CT molecular complexity index is 537. The predicted molar refractivity (Wildman–Crippen MR) is 74.0 cm³/mol. The zero-order valence-electron chi connectivity index (χ0n) is 11.3. The van der Waals surface area contributed by atoms with Crippen molar-refractivity contribution in [2.24, 2.45) is 0 Å². The van der Waals surface area contributed by atoms with Gasteiger partial charge in [0, 0.05) is 12.6 Å². The Hall–Kier alpha value is -0.960. The molecule has 19 heavy (non-hydrogen) atoms. The van der Waals surface area contributed by atoms with Crippen LogP contribution in [0.15, 0.2) is 16.3 Å². The number of hydrogen-bond acceptors (Lipinski definition) is 6. The second kappa shape index (κ2) is 6.47. The van der Waals surface area contributed by atoms with Gasteiger partial charge in [-0.05, 0) is 33.2 Å². The molecule has 0 unspecified atom stereocenters. The maximum atomic E-state index is 12.0. The summed E-state index contributed by atoms with van der Waals surface area (Å²) >= 11 is 0.894. The summed E-state index contributed by atoms with van der Waals surface area (Å²) in [6, 6.07) is 2.93. The number of ether oxygens (including phenoxy) is 1. The quantitative estimate of drug-likeness (QED) is 0.785. The van der Waals surface area contributed by atoms with E-state index >= 15 is 0 Å². The molecule has 6 nitrogen and oxygen atoms in total. The van der Waals surface area contributed by atoms with Crippen LogP contribution in [0.5, 0.6) is 0 Å². The van der Waals surface area contributed by atoms with E-state index in [0.717, 1.165) is 11.3 Å². The molecular formula is C11H18N2O4S2. The molecular weight excluding hydrogens is 288 g/mol. The lowest BCUT2D eigenvalue weighted by Gasteiger charge is -2.19. The smallest absolute Gasteiger partial charge is 0.348 e. The Morgan fingerprint density at radius 2 is 2.11 bits per heavy atom. The Morgan fingerprint density at radius 3 is 2.63 bits per heavy atom. The first-order chi connectivity index (χ1) is 8.77. The second-order valence-electron chi connectivity index (χ2n) is 4.27. The number of thiophene rings is 1. The molecule has 1 rings (SSSR count). The van der Waals surface area contributed by atoms with E-state index in [-0.39, 0.29) is 15.1 Å². The van der Waals surface area contributed by atoms with Crippen LogP contribution in [-0.2, 0) is 14.8 Å². The van der Waals surface area contributed by atoms with Crippen LogP contribution in [0.3, 0.4) is 0 Å². The standard InChI is InChI=1S/C11H18N2O4S2/c1-8(13(2)3)7-12-19(15,16)10-6-5-9(18-10)11(14)17-4/h5-6,8,12H,7H2,1-4H3/t8-/m1/s1. The fourth-order valence-electron chi connectivity index (χ4n) is 1.16. The van der Waals surface area contributed by atoms with Crippen molar-refractivity contribution in [1.29, 1.82) is 0 Å². The highest BCUT2D eigenvalue weighted by Crippen LogP contribution is 2.22. The Kier molecular flexibility index (Phi) is 5.48. The van der Waals surface area contributed by atoms with Gasteiger partial charge in [0.05, 0.1) is 7.11 Å². The SMILES string of the molecule is COC(=O)c1ccc(S(=O)(=O)NC[C@@H](C)N(C)C)s1. The van der Waals surface area contributed by atoms with E-state index in [9.17, 15) is 13.2 Å². The maximum absolute atomic E-state index is 12.0. The first kappa shape index (κ1) is 16.1. The zero-order valence-corrected chi connectivity index (χ0v) is 13.0. The van der Waals surface area contributed by atoms with E-state index in [1.54, 1.807) is 0 Å². The summed E-state index contributed by atoms with van der Waals surface area (Å²) < 4.78 is 31.2. The molecule has 0 aliphatic heterocycles. The molecule has 1 N–H and O–H groups in total. The molecule has 1 atom stereocenters. The van der Waals surface area contributed by atoms with Crippen molar-refractivity contribution in [2.75, 3.05) is 27.7 Å². The summed E-state index contributed by atoms with van der Waals surface area (Å²) in [4.78, 5) is 13.5. The molecule has 0 aliphatic rings. The normalized spacial score (nSPS) is 13.5. The number of carbonyl (C=O) groups excluding carboxylic acids is 1. The minimum atomic E-state index is -3.58. The minimum absolute atomic E-state index is 0.0785. The summed E-state index contributed by atoms with van der Waals surface area (Å²) in [6.45, 7) is 2.22. The molecule has 0 fully saturated rings. The van der Waals surface area contributed by atoms with Crippen molar-refractivity contribution in [1.82, 2.24) is 9.62 Å². The molecule has 0 amide bonds. The van der Waals surface area contributed by atoms with E-state index in [4.69, 9.17) is 0 Å². The van der Waals surface area contributed by atoms with Gasteiger partial charge >= 0.3 is 5.97 Å². The molecule has 1 heterocycles. The van der Waals surface area contributed by atoms with Crippen LogP contribution < -0.4 is 4.72 Å². The molecule has 0 radical (unpaired) electrons. The van der Waals surface area contributed by atoms with Crippen LogP contribution in [0.1, 0.15) is 16.6 Å². The van der Waals surface area contributed by atoms with Crippen molar-refractivity contribution in [3.8, 4) is 0 Å². The number of rotatable bonds is 6. The number of methoxy groups -OCH3 is 1. The monoisotopic (exact) mass is 306 g/mol. The highest BCUT2D eigenvalue weighted by Gasteiger charge is 2.20. The third kappa shape index (κ3) is 4.27. The molecule has 0 saturated carbocycles. The molecule has 0 spiro atoms. The molecule has 1 aromatic heterocycles. The molecule has 0 saturated heterocycles. The van der Waals surface area contributed by atoms with Gasteiger partial charge in [0.2, 0.25) is 10.0 Å². The van der Waals surface area contributed by atoms with Crippen LogP contribution in [0, 0.1) is 0 Å². The lowest BCUT2D eigenvalue weighted by Crippen LogP contribution is -2.37. The van der Waals surface area contributed by atoms with Crippen LogP contribution >= 0.6 is 11.3 Å². The van der Waals surface area contributed by atoms with E-state index < -0.39 is 16.0 Å². The number of carbonyl (C=O) groups is 1. The summed E-state index contributed by atoms with van der Waals surface area (Å²) in [7, 11) is 1.43. The van der Waals surface area contributed by atoms with E-state index in [1.807, 2.05) is 25.9 Å². The highest BCUT2D eigenvalue weighted by molar-refractivity contribution is 7.91. The van der Waals surface area contributed by atoms with Gasteiger partial charge < -0.3 is 9.64 Å². The molecule has 108 valence electrons.